The topological polar surface area (TPSA) is 58.2 Å². The molecule has 1 unspecified atom stereocenters. The van der Waals surface area contributed by atoms with E-state index >= 15 is 0 Å². The Morgan fingerprint density at radius 3 is 1.93 bits per heavy atom. The summed E-state index contributed by atoms with van der Waals surface area (Å²) in [7, 11) is 0. The lowest BCUT2D eigenvalue weighted by molar-refractivity contribution is 0.102. The van der Waals surface area contributed by atoms with Crippen LogP contribution in [0.1, 0.15) is 27.5 Å². The van der Waals surface area contributed by atoms with Crippen molar-refractivity contribution >= 4 is 17.5 Å². The summed E-state index contributed by atoms with van der Waals surface area (Å²) in [5.41, 5.74) is 3.31. The molecule has 0 radical (unpaired) electrons. The lowest BCUT2D eigenvalue weighted by atomic mass is 9.87. The van der Waals surface area contributed by atoms with Gasteiger partial charge < -0.3 is 10.6 Å². The van der Waals surface area contributed by atoms with Gasteiger partial charge in [0.05, 0.1) is 17.3 Å². The number of Topliss-reactive ketones (excluding diaryl/α,β-unsaturated/α-hetero) is 1. The van der Waals surface area contributed by atoms with Gasteiger partial charge in [-0.3, -0.25) is 4.79 Å². The van der Waals surface area contributed by atoms with Gasteiger partial charge in [0.1, 0.15) is 0 Å². The van der Waals surface area contributed by atoms with Crippen LogP contribution in [0, 0.1) is 0 Å². The smallest absolute Gasteiger partial charge is 0.320 e. The molecule has 4 nitrogen and oxygen atoms in total. The van der Waals surface area contributed by atoms with Gasteiger partial charge in [-0.05, 0) is 11.1 Å². The first-order valence-corrected chi connectivity index (χ1v) is 8.76. The summed E-state index contributed by atoms with van der Waals surface area (Å²) in [6, 6.07) is 27.3. The largest absolute Gasteiger partial charge is 0.327 e. The van der Waals surface area contributed by atoms with Crippen molar-refractivity contribution in [2.24, 2.45) is 0 Å². The van der Waals surface area contributed by atoms with Gasteiger partial charge in [-0.2, -0.15) is 0 Å². The minimum Gasteiger partial charge on any atom is -0.327 e. The van der Waals surface area contributed by atoms with E-state index in [1.165, 1.54) is 0 Å². The molecule has 1 heterocycles. The predicted molar refractivity (Wildman–Crippen MR) is 105 cm³/mol. The molecule has 1 aliphatic heterocycles. The highest BCUT2D eigenvalue weighted by atomic mass is 16.2. The molecule has 132 valence electrons. The highest BCUT2D eigenvalue weighted by Gasteiger charge is 2.33. The number of carbonyl (C=O) groups is 2. The number of hydrogen-bond acceptors (Lipinski definition) is 2. The van der Waals surface area contributed by atoms with E-state index in [0.29, 0.717) is 16.8 Å². The molecule has 0 bridgehead atoms. The molecule has 2 amide bonds. The minimum absolute atomic E-state index is 0.115. The molecule has 2 N–H and O–H groups in total. The van der Waals surface area contributed by atoms with Crippen molar-refractivity contribution in [2.75, 3.05) is 0 Å². The molecule has 0 aromatic heterocycles. The number of rotatable bonds is 4. The number of amides is 2. The first-order valence-electron chi connectivity index (χ1n) is 8.76. The molecule has 1 aliphatic rings. The Bertz CT molecular complexity index is 996. The maximum atomic E-state index is 13.4. The van der Waals surface area contributed by atoms with Crippen LogP contribution in [0.15, 0.2) is 96.6 Å². The Hall–Kier alpha value is -3.66. The molecule has 4 rings (SSSR count). The first-order chi connectivity index (χ1) is 13.2. The van der Waals surface area contributed by atoms with Gasteiger partial charge in [0.25, 0.3) is 0 Å². The fourth-order valence-electron chi connectivity index (χ4n) is 3.28. The second-order valence-corrected chi connectivity index (χ2v) is 6.29. The summed E-state index contributed by atoms with van der Waals surface area (Å²) < 4.78 is 0. The Balaban J connectivity index is 1.93. The number of nitrogens with one attached hydrogen (secondary N) is 2. The van der Waals surface area contributed by atoms with Crippen molar-refractivity contribution in [2.45, 2.75) is 6.04 Å². The van der Waals surface area contributed by atoms with Crippen LogP contribution in [0.3, 0.4) is 0 Å². The molecule has 3 aromatic rings. The molecule has 3 aromatic carbocycles. The van der Waals surface area contributed by atoms with E-state index in [1.54, 1.807) is 12.1 Å². The van der Waals surface area contributed by atoms with Gasteiger partial charge in [0.2, 0.25) is 0 Å². The van der Waals surface area contributed by atoms with E-state index in [0.717, 1.165) is 11.1 Å². The monoisotopic (exact) mass is 354 g/mol. The summed E-state index contributed by atoms with van der Waals surface area (Å²) in [5.74, 6) is -0.115. The van der Waals surface area contributed by atoms with E-state index in [4.69, 9.17) is 0 Å². The van der Waals surface area contributed by atoms with Crippen LogP contribution in [-0.2, 0) is 0 Å². The quantitative estimate of drug-likeness (QED) is 0.685. The van der Waals surface area contributed by atoms with Gasteiger partial charge in [-0.15, -0.1) is 0 Å². The van der Waals surface area contributed by atoms with E-state index in [-0.39, 0.29) is 11.8 Å². The lowest BCUT2D eigenvalue weighted by Crippen LogP contribution is -2.45. The fourth-order valence-corrected chi connectivity index (χ4v) is 3.28. The number of benzene rings is 3. The van der Waals surface area contributed by atoms with E-state index in [2.05, 4.69) is 10.6 Å². The van der Waals surface area contributed by atoms with Crippen LogP contribution in [-0.4, -0.2) is 11.8 Å². The SMILES string of the molecule is O=C1NC(c2ccccc2)=C(C(=O)c2ccccc2)C(c2ccccc2)N1. The summed E-state index contributed by atoms with van der Waals surface area (Å²) in [4.78, 5) is 25.8. The van der Waals surface area contributed by atoms with E-state index in [9.17, 15) is 9.59 Å². The van der Waals surface area contributed by atoms with Crippen molar-refractivity contribution in [3.05, 3.63) is 113 Å². The van der Waals surface area contributed by atoms with E-state index < -0.39 is 6.04 Å². The van der Waals surface area contributed by atoms with Crippen LogP contribution < -0.4 is 10.6 Å². The zero-order valence-corrected chi connectivity index (χ0v) is 14.6. The molecule has 0 saturated carbocycles. The summed E-state index contributed by atoms with van der Waals surface area (Å²) >= 11 is 0. The van der Waals surface area contributed by atoms with Crippen LogP contribution >= 0.6 is 0 Å². The van der Waals surface area contributed by atoms with Crippen molar-refractivity contribution in [3.63, 3.8) is 0 Å². The van der Waals surface area contributed by atoms with Crippen molar-refractivity contribution in [1.29, 1.82) is 0 Å². The third-order valence-electron chi connectivity index (χ3n) is 4.55. The fraction of sp³-hybridized carbons (Fsp3) is 0.0435. The zero-order chi connectivity index (χ0) is 18.6. The summed E-state index contributed by atoms with van der Waals surface area (Å²) in [6.45, 7) is 0. The third kappa shape index (κ3) is 3.37. The Kier molecular flexibility index (Phi) is 4.54. The second-order valence-electron chi connectivity index (χ2n) is 6.29. The maximum Gasteiger partial charge on any atom is 0.320 e. The van der Waals surface area contributed by atoms with Gasteiger partial charge >= 0.3 is 6.03 Å². The Morgan fingerprint density at radius 1 is 0.741 bits per heavy atom. The molecular formula is C23H18N2O2. The van der Waals surface area contributed by atoms with Gasteiger partial charge in [-0.1, -0.05) is 91.0 Å². The zero-order valence-electron chi connectivity index (χ0n) is 14.6. The average molecular weight is 354 g/mol. The molecule has 0 saturated heterocycles. The molecule has 0 spiro atoms. The third-order valence-corrected chi connectivity index (χ3v) is 4.55. The molecular weight excluding hydrogens is 336 g/mol. The normalized spacial score (nSPS) is 16.4. The highest BCUT2D eigenvalue weighted by molar-refractivity contribution is 6.16. The van der Waals surface area contributed by atoms with E-state index in [1.807, 2.05) is 78.9 Å². The van der Waals surface area contributed by atoms with Crippen molar-refractivity contribution in [1.82, 2.24) is 10.6 Å². The average Bonchev–Trinajstić information content (AvgIpc) is 2.74. The van der Waals surface area contributed by atoms with Gasteiger partial charge in [0.15, 0.2) is 5.78 Å². The van der Waals surface area contributed by atoms with Crippen LogP contribution in [0.25, 0.3) is 5.70 Å². The lowest BCUT2D eigenvalue weighted by Gasteiger charge is -2.30. The Labute approximate surface area is 157 Å². The van der Waals surface area contributed by atoms with Crippen LogP contribution in [0.2, 0.25) is 0 Å². The minimum atomic E-state index is -0.525. The summed E-state index contributed by atoms with van der Waals surface area (Å²) in [6.07, 6.45) is 0. The number of hydrogen-bond donors (Lipinski definition) is 2. The number of ketones is 1. The second kappa shape index (κ2) is 7.30. The first kappa shape index (κ1) is 16.8. The maximum absolute atomic E-state index is 13.4. The predicted octanol–water partition coefficient (Wildman–Crippen LogP) is 4.33. The van der Waals surface area contributed by atoms with Crippen molar-refractivity contribution < 1.29 is 9.59 Å². The Morgan fingerprint density at radius 2 is 1.30 bits per heavy atom. The van der Waals surface area contributed by atoms with Crippen LogP contribution in [0.4, 0.5) is 4.79 Å². The highest BCUT2D eigenvalue weighted by Crippen LogP contribution is 2.33. The number of carbonyl (C=O) groups excluding carboxylic acids is 2. The van der Waals surface area contributed by atoms with Crippen LogP contribution in [0.5, 0.6) is 0 Å². The van der Waals surface area contributed by atoms with Crippen molar-refractivity contribution in [3.8, 4) is 0 Å². The standard InChI is InChI=1S/C23H18N2O2/c26-22(18-14-8-3-9-15-18)19-20(16-10-4-1-5-11-16)24-23(27)25-21(19)17-12-6-2-7-13-17/h1-15,20H,(H2,24,25,27). The molecule has 0 aliphatic carbocycles. The molecule has 27 heavy (non-hydrogen) atoms. The molecule has 0 fully saturated rings. The summed E-state index contributed by atoms with van der Waals surface area (Å²) in [5, 5.41) is 5.75. The van der Waals surface area contributed by atoms with Gasteiger partial charge in [-0.25, -0.2) is 4.79 Å². The molecule has 4 heteroatoms. The molecule has 1 atom stereocenters. The number of urea groups is 1. The van der Waals surface area contributed by atoms with Gasteiger partial charge in [0, 0.05) is 5.56 Å².